The maximum absolute atomic E-state index is 13.0. The van der Waals surface area contributed by atoms with E-state index in [-0.39, 0.29) is 36.8 Å². The Morgan fingerprint density at radius 3 is 2.31 bits per heavy atom. The molecule has 156 valence electrons. The Hall–Kier alpha value is -2.60. The van der Waals surface area contributed by atoms with Crippen LogP contribution >= 0.6 is 11.6 Å². The first kappa shape index (κ1) is 22.7. The van der Waals surface area contributed by atoms with Gasteiger partial charge in [-0.05, 0) is 62.2 Å². The van der Waals surface area contributed by atoms with Crippen LogP contribution in [0.25, 0.3) is 0 Å². The molecule has 0 aliphatic rings. The molecule has 1 N–H and O–H groups in total. The van der Waals surface area contributed by atoms with E-state index in [1.807, 2.05) is 26.0 Å². The van der Waals surface area contributed by atoms with Crippen LogP contribution in [0.2, 0.25) is 5.02 Å². The van der Waals surface area contributed by atoms with E-state index >= 15 is 0 Å². The number of hydrogen-bond donors (Lipinski definition) is 1. The second kappa shape index (κ2) is 10.8. The zero-order chi connectivity index (χ0) is 21.4. The summed E-state index contributed by atoms with van der Waals surface area (Å²) in [7, 11) is 0. The van der Waals surface area contributed by atoms with Crippen LogP contribution in [0.4, 0.5) is 4.39 Å². The van der Waals surface area contributed by atoms with E-state index in [2.05, 4.69) is 5.32 Å². The van der Waals surface area contributed by atoms with Crippen molar-refractivity contribution in [3.05, 3.63) is 64.9 Å². The summed E-state index contributed by atoms with van der Waals surface area (Å²) in [4.78, 5) is 26.9. The van der Waals surface area contributed by atoms with Gasteiger partial charge in [0.15, 0.2) is 6.61 Å². The molecule has 2 rings (SSSR count). The number of ether oxygens (including phenoxy) is 1. The number of hydrogen-bond acceptors (Lipinski definition) is 3. The number of nitrogens with one attached hydrogen (secondary N) is 1. The van der Waals surface area contributed by atoms with Crippen LogP contribution in [0.3, 0.4) is 0 Å². The maximum Gasteiger partial charge on any atom is 0.261 e. The number of nitrogens with zero attached hydrogens (tertiary/aromatic N) is 1. The monoisotopic (exact) mass is 420 g/mol. The molecule has 2 amide bonds. The molecule has 2 aromatic carbocycles. The van der Waals surface area contributed by atoms with E-state index in [1.54, 1.807) is 19.1 Å². The lowest BCUT2D eigenvalue weighted by molar-refractivity contribution is -0.142. The van der Waals surface area contributed by atoms with E-state index < -0.39 is 6.04 Å². The zero-order valence-electron chi connectivity index (χ0n) is 16.8. The smallest absolute Gasteiger partial charge is 0.261 e. The highest BCUT2D eigenvalue weighted by Crippen LogP contribution is 2.15. The molecule has 0 spiro atoms. The van der Waals surface area contributed by atoms with Gasteiger partial charge in [-0.25, -0.2) is 4.39 Å². The first-order valence-corrected chi connectivity index (χ1v) is 9.90. The summed E-state index contributed by atoms with van der Waals surface area (Å²) in [5, 5.41) is 3.49. The minimum absolute atomic E-state index is 0.00731. The summed E-state index contributed by atoms with van der Waals surface area (Å²) >= 11 is 5.93. The third-order valence-electron chi connectivity index (χ3n) is 4.61. The summed E-state index contributed by atoms with van der Waals surface area (Å²) in [6, 6.07) is 11.8. The lowest BCUT2D eigenvalue weighted by Crippen LogP contribution is -2.50. The van der Waals surface area contributed by atoms with E-state index in [0.29, 0.717) is 10.8 Å². The predicted molar refractivity (Wildman–Crippen MR) is 111 cm³/mol. The molecule has 7 heteroatoms. The van der Waals surface area contributed by atoms with Gasteiger partial charge in [-0.2, -0.15) is 0 Å². The Morgan fingerprint density at radius 2 is 1.72 bits per heavy atom. The highest BCUT2D eigenvalue weighted by atomic mass is 35.5. The fraction of sp³-hybridized carbons (Fsp3) is 0.364. The van der Waals surface area contributed by atoms with Crippen molar-refractivity contribution in [2.24, 2.45) is 0 Å². The molecule has 0 aliphatic heterocycles. The number of amides is 2. The molecule has 0 aliphatic carbocycles. The molecule has 2 aromatic rings. The zero-order valence-corrected chi connectivity index (χ0v) is 17.6. The van der Waals surface area contributed by atoms with Gasteiger partial charge in [0.2, 0.25) is 5.91 Å². The number of halogens is 2. The summed E-state index contributed by atoms with van der Waals surface area (Å²) in [6.07, 6.45) is 0.789. The average molecular weight is 421 g/mol. The number of carbonyl (C=O) groups is 2. The van der Waals surface area contributed by atoms with Gasteiger partial charge < -0.3 is 15.0 Å². The second-order valence-electron chi connectivity index (χ2n) is 6.88. The van der Waals surface area contributed by atoms with Gasteiger partial charge in [0, 0.05) is 17.6 Å². The third kappa shape index (κ3) is 7.06. The minimum Gasteiger partial charge on any atom is -0.484 e. The van der Waals surface area contributed by atoms with Crippen LogP contribution in [-0.4, -0.2) is 35.4 Å². The molecular weight excluding hydrogens is 395 g/mol. The molecule has 0 saturated heterocycles. The Bertz CT molecular complexity index is 812. The van der Waals surface area contributed by atoms with Crippen molar-refractivity contribution < 1.29 is 18.7 Å². The van der Waals surface area contributed by atoms with Crippen LogP contribution in [0, 0.1) is 5.82 Å². The Labute approximate surface area is 175 Å². The van der Waals surface area contributed by atoms with Gasteiger partial charge in [-0.15, -0.1) is 0 Å². The van der Waals surface area contributed by atoms with Crippen LogP contribution in [0.15, 0.2) is 48.5 Å². The van der Waals surface area contributed by atoms with Crippen LogP contribution in [0.1, 0.15) is 32.8 Å². The predicted octanol–water partition coefficient (Wildman–Crippen LogP) is 4.19. The number of benzene rings is 2. The van der Waals surface area contributed by atoms with Crippen molar-refractivity contribution in [3.8, 4) is 5.75 Å². The number of rotatable bonds is 9. The molecule has 0 bridgehead atoms. The van der Waals surface area contributed by atoms with Crippen LogP contribution in [-0.2, 0) is 16.1 Å². The van der Waals surface area contributed by atoms with Crippen molar-refractivity contribution in [2.45, 2.75) is 45.8 Å². The normalized spacial score (nSPS) is 12.7. The Kier molecular flexibility index (Phi) is 8.46. The molecule has 2 atom stereocenters. The fourth-order valence-electron chi connectivity index (χ4n) is 2.59. The Balaban J connectivity index is 2.13. The van der Waals surface area contributed by atoms with Crippen molar-refractivity contribution >= 4 is 23.4 Å². The van der Waals surface area contributed by atoms with Gasteiger partial charge in [-0.3, -0.25) is 9.59 Å². The fourth-order valence-corrected chi connectivity index (χ4v) is 2.72. The second-order valence-corrected chi connectivity index (χ2v) is 7.32. The minimum atomic E-state index is -0.691. The van der Waals surface area contributed by atoms with Gasteiger partial charge in [0.1, 0.15) is 17.6 Å². The maximum atomic E-state index is 13.0. The van der Waals surface area contributed by atoms with Crippen molar-refractivity contribution in [3.63, 3.8) is 0 Å². The summed E-state index contributed by atoms with van der Waals surface area (Å²) < 4.78 is 18.5. The van der Waals surface area contributed by atoms with Gasteiger partial charge in [0.05, 0.1) is 0 Å². The van der Waals surface area contributed by atoms with Crippen LogP contribution in [0.5, 0.6) is 5.75 Å². The first-order valence-electron chi connectivity index (χ1n) is 9.52. The highest BCUT2D eigenvalue weighted by molar-refractivity contribution is 6.30. The molecule has 0 saturated carbocycles. The van der Waals surface area contributed by atoms with Crippen molar-refractivity contribution in [1.82, 2.24) is 10.2 Å². The van der Waals surface area contributed by atoms with E-state index in [4.69, 9.17) is 16.3 Å². The summed E-state index contributed by atoms with van der Waals surface area (Å²) in [5.74, 6) is -0.592. The lowest BCUT2D eigenvalue weighted by atomic mass is 10.1. The van der Waals surface area contributed by atoms with E-state index in [1.165, 1.54) is 29.2 Å². The molecule has 5 nitrogen and oxygen atoms in total. The van der Waals surface area contributed by atoms with Crippen LogP contribution < -0.4 is 10.1 Å². The highest BCUT2D eigenvalue weighted by Gasteiger charge is 2.27. The largest absolute Gasteiger partial charge is 0.484 e. The van der Waals surface area contributed by atoms with E-state index in [0.717, 1.165) is 12.0 Å². The van der Waals surface area contributed by atoms with Gasteiger partial charge >= 0.3 is 0 Å². The van der Waals surface area contributed by atoms with Crippen molar-refractivity contribution in [2.75, 3.05) is 6.61 Å². The molecular formula is C22H26ClFN2O3. The van der Waals surface area contributed by atoms with E-state index in [9.17, 15) is 14.0 Å². The topological polar surface area (TPSA) is 58.6 Å². The molecule has 0 aromatic heterocycles. The first-order chi connectivity index (χ1) is 13.8. The van der Waals surface area contributed by atoms with Gasteiger partial charge in [-0.1, -0.05) is 30.7 Å². The summed E-state index contributed by atoms with van der Waals surface area (Å²) in [5.41, 5.74) is 0.840. The quantitative estimate of drug-likeness (QED) is 0.661. The van der Waals surface area contributed by atoms with Crippen molar-refractivity contribution in [1.29, 1.82) is 0 Å². The standard InChI is InChI=1S/C22H26ClFN2O3/c1-4-15(2)25-22(28)16(3)26(13-17-5-7-18(23)8-6-17)21(27)14-29-20-11-9-19(24)10-12-20/h5-12,15-16H,4,13-14H2,1-3H3,(H,25,28). The molecule has 0 radical (unpaired) electrons. The lowest BCUT2D eigenvalue weighted by Gasteiger charge is -2.29. The Morgan fingerprint density at radius 1 is 1.10 bits per heavy atom. The number of carbonyl (C=O) groups excluding carboxylic acids is 2. The SMILES string of the molecule is CCC(C)NC(=O)C(C)N(Cc1ccc(Cl)cc1)C(=O)COc1ccc(F)cc1. The average Bonchev–Trinajstić information content (AvgIpc) is 2.72. The molecule has 29 heavy (non-hydrogen) atoms. The molecule has 0 heterocycles. The summed E-state index contributed by atoms with van der Waals surface area (Å²) in [6.45, 7) is 5.54. The molecule has 0 fully saturated rings. The third-order valence-corrected chi connectivity index (χ3v) is 4.86. The molecule has 2 unspecified atom stereocenters. The van der Waals surface area contributed by atoms with Gasteiger partial charge in [0.25, 0.3) is 5.91 Å².